The lowest BCUT2D eigenvalue weighted by molar-refractivity contribution is 0.173. The zero-order valence-corrected chi connectivity index (χ0v) is 13.5. The maximum absolute atomic E-state index is 3.60. The van der Waals surface area contributed by atoms with Gasteiger partial charge in [0.05, 0.1) is 0 Å². The molecule has 0 saturated carbocycles. The highest BCUT2D eigenvalue weighted by Gasteiger charge is 2.19. The second-order valence-corrected chi connectivity index (χ2v) is 6.45. The van der Waals surface area contributed by atoms with Gasteiger partial charge in [-0.15, -0.1) is 0 Å². The highest BCUT2D eigenvalue weighted by molar-refractivity contribution is 5.84. The lowest BCUT2D eigenvalue weighted by Gasteiger charge is -2.32. The third-order valence-electron chi connectivity index (χ3n) is 5.11. The molecule has 2 aromatic rings. The van der Waals surface area contributed by atoms with Crippen LogP contribution in [0.15, 0.2) is 24.3 Å². The highest BCUT2D eigenvalue weighted by atomic mass is 15.1. The van der Waals surface area contributed by atoms with E-state index >= 15 is 0 Å². The SMILES string of the molecule is CCc1[nH]c2ccccc2c1CCN1CCC[C@H](CC)C1. The summed E-state index contributed by atoms with van der Waals surface area (Å²) in [5.74, 6) is 0.923. The monoisotopic (exact) mass is 284 g/mol. The molecular formula is C19H28N2. The van der Waals surface area contributed by atoms with Gasteiger partial charge in [-0.25, -0.2) is 0 Å². The van der Waals surface area contributed by atoms with Crippen molar-refractivity contribution in [1.29, 1.82) is 0 Å². The number of H-pyrrole nitrogens is 1. The Morgan fingerprint density at radius 2 is 2.10 bits per heavy atom. The van der Waals surface area contributed by atoms with Crippen LogP contribution in [0.4, 0.5) is 0 Å². The van der Waals surface area contributed by atoms with Crippen LogP contribution in [0.1, 0.15) is 44.4 Å². The normalized spacial score (nSPS) is 20.2. The third-order valence-corrected chi connectivity index (χ3v) is 5.11. The van der Waals surface area contributed by atoms with Crippen molar-refractivity contribution in [2.45, 2.75) is 46.0 Å². The van der Waals surface area contributed by atoms with Gasteiger partial charge in [0.25, 0.3) is 0 Å². The predicted octanol–water partition coefficient (Wildman–Crippen LogP) is 4.39. The molecule has 0 amide bonds. The van der Waals surface area contributed by atoms with E-state index in [1.807, 2.05) is 0 Å². The summed E-state index contributed by atoms with van der Waals surface area (Å²) in [6, 6.07) is 8.75. The van der Waals surface area contributed by atoms with Gasteiger partial charge in [-0.05, 0) is 49.8 Å². The van der Waals surface area contributed by atoms with Crippen LogP contribution < -0.4 is 0 Å². The number of piperidine rings is 1. The van der Waals surface area contributed by atoms with Crippen molar-refractivity contribution in [3.63, 3.8) is 0 Å². The largest absolute Gasteiger partial charge is 0.358 e. The average Bonchev–Trinajstić information content (AvgIpc) is 2.91. The first-order valence-electron chi connectivity index (χ1n) is 8.62. The fraction of sp³-hybridized carbons (Fsp3) is 0.579. The molecule has 1 aromatic heterocycles. The minimum Gasteiger partial charge on any atom is -0.358 e. The third kappa shape index (κ3) is 3.16. The first-order chi connectivity index (χ1) is 10.3. The summed E-state index contributed by atoms with van der Waals surface area (Å²) in [6.45, 7) is 8.40. The molecule has 1 fully saturated rings. The van der Waals surface area contributed by atoms with Gasteiger partial charge in [-0.3, -0.25) is 0 Å². The van der Waals surface area contributed by atoms with Crippen molar-refractivity contribution in [2.24, 2.45) is 5.92 Å². The molecule has 2 heterocycles. The summed E-state index contributed by atoms with van der Waals surface area (Å²) in [5, 5.41) is 1.43. The molecule has 1 N–H and O–H groups in total. The predicted molar refractivity (Wildman–Crippen MR) is 90.8 cm³/mol. The summed E-state index contributed by atoms with van der Waals surface area (Å²) in [4.78, 5) is 6.28. The molecule has 0 bridgehead atoms. The van der Waals surface area contributed by atoms with Crippen LogP contribution >= 0.6 is 0 Å². The summed E-state index contributed by atoms with van der Waals surface area (Å²) < 4.78 is 0. The molecule has 21 heavy (non-hydrogen) atoms. The Morgan fingerprint density at radius 3 is 2.90 bits per heavy atom. The van der Waals surface area contributed by atoms with E-state index in [1.165, 1.54) is 61.9 Å². The molecule has 1 aromatic carbocycles. The van der Waals surface area contributed by atoms with Crippen molar-refractivity contribution < 1.29 is 0 Å². The van der Waals surface area contributed by atoms with Crippen molar-refractivity contribution in [2.75, 3.05) is 19.6 Å². The molecule has 114 valence electrons. The van der Waals surface area contributed by atoms with Crippen LogP contribution in [0.3, 0.4) is 0 Å². The van der Waals surface area contributed by atoms with Crippen LogP contribution in [0.5, 0.6) is 0 Å². The number of hydrogen-bond acceptors (Lipinski definition) is 1. The van der Waals surface area contributed by atoms with Crippen molar-refractivity contribution in [1.82, 2.24) is 9.88 Å². The van der Waals surface area contributed by atoms with Gasteiger partial charge in [0.2, 0.25) is 0 Å². The smallest absolute Gasteiger partial charge is 0.0458 e. The Bertz CT molecular complexity index is 584. The summed E-state index contributed by atoms with van der Waals surface area (Å²) in [6.07, 6.45) is 6.43. The molecule has 0 radical (unpaired) electrons. The lowest BCUT2D eigenvalue weighted by atomic mass is 9.95. The molecule has 0 aliphatic carbocycles. The second-order valence-electron chi connectivity index (χ2n) is 6.45. The molecule has 2 nitrogen and oxygen atoms in total. The maximum Gasteiger partial charge on any atom is 0.0458 e. The Morgan fingerprint density at radius 1 is 1.24 bits per heavy atom. The molecule has 3 rings (SSSR count). The van der Waals surface area contributed by atoms with Gasteiger partial charge in [0.15, 0.2) is 0 Å². The fourth-order valence-electron chi connectivity index (χ4n) is 3.80. The van der Waals surface area contributed by atoms with Crippen LogP contribution in [0.25, 0.3) is 10.9 Å². The zero-order chi connectivity index (χ0) is 14.7. The molecule has 1 saturated heterocycles. The Kier molecular flexibility index (Phi) is 4.64. The number of benzene rings is 1. The molecule has 2 heteroatoms. The summed E-state index contributed by atoms with van der Waals surface area (Å²) >= 11 is 0. The number of aromatic amines is 1. The molecule has 1 aliphatic rings. The van der Waals surface area contributed by atoms with Crippen LogP contribution in [0.2, 0.25) is 0 Å². The van der Waals surface area contributed by atoms with Gasteiger partial charge in [0.1, 0.15) is 0 Å². The summed E-state index contributed by atoms with van der Waals surface area (Å²) in [5.41, 5.74) is 4.28. The standard InChI is InChI=1S/C19H28N2/c1-3-15-8-7-12-21(14-15)13-11-17-16-9-5-6-10-19(16)20-18(17)4-2/h5-6,9-10,15,20H,3-4,7-8,11-14H2,1-2H3/t15-/m0/s1. The van der Waals surface area contributed by atoms with E-state index in [2.05, 4.69) is 48.0 Å². The van der Waals surface area contributed by atoms with Crippen molar-refractivity contribution in [3.8, 4) is 0 Å². The number of aromatic nitrogens is 1. The lowest BCUT2D eigenvalue weighted by Crippen LogP contribution is -2.36. The van der Waals surface area contributed by atoms with Crippen LogP contribution in [0, 0.1) is 5.92 Å². The first-order valence-corrected chi connectivity index (χ1v) is 8.62. The molecular weight excluding hydrogens is 256 g/mol. The van der Waals surface area contributed by atoms with Gasteiger partial charge >= 0.3 is 0 Å². The van der Waals surface area contributed by atoms with Crippen molar-refractivity contribution >= 4 is 10.9 Å². The number of nitrogens with one attached hydrogen (secondary N) is 1. The molecule has 0 unspecified atom stereocenters. The topological polar surface area (TPSA) is 19.0 Å². The molecule has 1 aliphatic heterocycles. The number of para-hydroxylation sites is 1. The minimum atomic E-state index is 0.923. The number of nitrogens with zero attached hydrogens (tertiary/aromatic N) is 1. The first kappa shape index (κ1) is 14.6. The van der Waals surface area contributed by atoms with E-state index in [4.69, 9.17) is 0 Å². The Labute approximate surface area is 128 Å². The highest BCUT2D eigenvalue weighted by Crippen LogP contribution is 2.25. The second kappa shape index (κ2) is 6.65. The average molecular weight is 284 g/mol. The number of fused-ring (bicyclic) bond motifs is 1. The van der Waals surface area contributed by atoms with E-state index in [1.54, 1.807) is 5.56 Å². The Hall–Kier alpha value is -1.28. The minimum absolute atomic E-state index is 0.923. The van der Waals surface area contributed by atoms with Crippen LogP contribution in [-0.4, -0.2) is 29.5 Å². The number of rotatable bonds is 5. The van der Waals surface area contributed by atoms with E-state index in [9.17, 15) is 0 Å². The van der Waals surface area contributed by atoms with E-state index in [0.29, 0.717) is 0 Å². The Balaban J connectivity index is 1.72. The van der Waals surface area contributed by atoms with Gasteiger partial charge in [-0.2, -0.15) is 0 Å². The van der Waals surface area contributed by atoms with Crippen LogP contribution in [-0.2, 0) is 12.8 Å². The van der Waals surface area contributed by atoms with Gasteiger partial charge < -0.3 is 9.88 Å². The van der Waals surface area contributed by atoms with Crippen molar-refractivity contribution in [3.05, 3.63) is 35.5 Å². The molecule has 1 atom stereocenters. The number of likely N-dealkylation sites (tertiary alicyclic amines) is 1. The summed E-state index contributed by atoms with van der Waals surface area (Å²) in [7, 11) is 0. The number of aryl methyl sites for hydroxylation is 1. The quantitative estimate of drug-likeness (QED) is 0.862. The van der Waals surface area contributed by atoms with Gasteiger partial charge in [0, 0.05) is 29.7 Å². The molecule has 0 spiro atoms. The van der Waals surface area contributed by atoms with E-state index < -0.39 is 0 Å². The maximum atomic E-state index is 3.60. The zero-order valence-electron chi connectivity index (χ0n) is 13.5. The fourth-order valence-corrected chi connectivity index (χ4v) is 3.80. The van der Waals surface area contributed by atoms with Gasteiger partial charge in [-0.1, -0.05) is 38.5 Å². The van der Waals surface area contributed by atoms with E-state index in [0.717, 1.165) is 12.3 Å². The number of hydrogen-bond donors (Lipinski definition) is 1. The van der Waals surface area contributed by atoms with E-state index in [-0.39, 0.29) is 0 Å².